The minimum atomic E-state index is -0.253. The van der Waals surface area contributed by atoms with E-state index in [0.29, 0.717) is 38.3 Å². The van der Waals surface area contributed by atoms with E-state index >= 15 is 0 Å². The van der Waals surface area contributed by atoms with Gasteiger partial charge in [0.1, 0.15) is 5.69 Å². The van der Waals surface area contributed by atoms with Gasteiger partial charge in [0.05, 0.1) is 5.92 Å². The molecule has 2 aromatic heterocycles. The van der Waals surface area contributed by atoms with E-state index in [1.165, 1.54) is 10.4 Å². The van der Waals surface area contributed by atoms with Crippen LogP contribution in [0, 0.1) is 5.92 Å². The number of benzene rings is 1. The van der Waals surface area contributed by atoms with Crippen LogP contribution in [0.4, 0.5) is 0 Å². The fourth-order valence-corrected chi connectivity index (χ4v) is 4.51. The van der Waals surface area contributed by atoms with E-state index < -0.39 is 0 Å². The van der Waals surface area contributed by atoms with Gasteiger partial charge in [0.15, 0.2) is 0 Å². The number of aromatic nitrogens is 2. The van der Waals surface area contributed by atoms with Crippen LogP contribution in [0.2, 0.25) is 0 Å². The number of rotatable bonds is 5. The zero-order valence-electron chi connectivity index (χ0n) is 16.4. The highest BCUT2D eigenvalue weighted by Crippen LogP contribution is 2.26. The molecule has 7 heteroatoms. The predicted molar refractivity (Wildman–Crippen MR) is 114 cm³/mol. The molecule has 1 atom stereocenters. The Hall–Kier alpha value is -2.93. The van der Waals surface area contributed by atoms with Gasteiger partial charge in [0.25, 0.3) is 5.91 Å². The fourth-order valence-electron chi connectivity index (χ4n) is 3.77. The van der Waals surface area contributed by atoms with Crippen molar-refractivity contribution in [2.45, 2.75) is 13.3 Å². The van der Waals surface area contributed by atoms with Crippen molar-refractivity contribution >= 4 is 23.2 Å². The molecule has 0 aliphatic carbocycles. The van der Waals surface area contributed by atoms with E-state index in [0.717, 1.165) is 5.56 Å². The number of amides is 2. The van der Waals surface area contributed by atoms with Crippen molar-refractivity contribution in [1.29, 1.82) is 0 Å². The van der Waals surface area contributed by atoms with E-state index in [2.05, 4.69) is 45.9 Å². The predicted octanol–water partition coefficient (Wildman–Crippen LogP) is 3.30. The summed E-state index contributed by atoms with van der Waals surface area (Å²) in [6.07, 6.45) is 2.19. The minimum absolute atomic E-state index is 0.105. The number of H-pyrrole nitrogens is 1. The molecule has 1 saturated heterocycles. The fraction of sp³-hybridized carbons (Fsp3) is 0.318. The second kappa shape index (κ2) is 8.61. The molecule has 3 heterocycles. The highest BCUT2D eigenvalue weighted by atomic mass is 32.1. The summed E-state index contributed by atoms with van der Waals surface area (Å²) in [5.74, 6) is -0.238. The summed E-state index contributed by atoms with van der Waals surface area (Å²) in [7, 11) is 0. The quantitative estimate of drug-likeness (QED) is 0.704. The number of likely N-dealkylation sites (N-methyl/N-ethyl adjacent to an activating group) is 1. The third-order valence-electron chi connectivity index (χ3n) is 5.38. The molecule has 6 nitrogen and oxygen atoms in total. The van der Waals surface area contributed by atoms with E-state index in [4.69, 9.17) is 0 Å². The Kier molecular flexibility index (Phi) is 5.76. The number of hydrogen-bond donors (Lipinski definition) is 1. The minimum Gasteiger partial charge on any atom is -0.341 e. The third kappa shape index (κ3) is 4.24. The Balaban J connectivity index is 1.52. The van der Waals surface area contributed by atoms with Gasteiger partial charge in [-0.15, -0.1) is 11.3 Å². The first-order chi connectivity index (χ1) is 14.2. The summed E-state index contributed by atoms with van der Waals surface area (Å²) in [6.45, 7) is 4.14. The largest absolute Gasteiger partial charge is 0.341 e. The zero-order chi connectivity index (χ0) is 20.2. The summed E-state index contributed by atoms with van der Waals surface area (Å²) in [6, 6.07) is 14.2. The molecule has 1 aliphatic rings. The Labute approximate surface area is 174 Å². The van der Waals surface area contributed by atoms with Gasteiger partial charge in [-0.05, 0) is 42.0 Å². The first-order valence-corrected chi connectivity index (χ1v) is 10.7. The van der Waals surface area contributed by atoms with Gasteiger partial charge in [0.2, 0.25) is 5.91 Å². The maximum atomic E-state index is 13.1. The van der Waals surface area contributed by atoms with Crippen LogP contribution in [0.5, 0.6) is 0 Å². The van der Waals surface area contributed by atoms with Crippen LogP contribution in [-0.4, -0.2) is 58.0 Å². The van der Waals surface area contributed by atoms with E-state index in [9.17, 15) is 9.59 Å². The molecule has 1 unspecified atom stereocenters. The molecule has 0 spiro atoms. The molecule has 1 aliphatic heterocycles. The standard InChI is InChI=1S/C22H24N4O2S/c1-2-25-11-12-26(22(28)19-9-10-23-24-19)15-18(21(25)27)14-16-5-7-17(8-6-16)20-4-3-13-29-20/h3-10,13,18H,2,11-12,14-15H2,1H3,(H,23,24). The Morgan fingerprint density at radius 3 is 2.69 bits per heavy atom. The molecule has 0 radical (unpaired) electrons. The molecule has 3 aromatic rings. The maximum Gasteiger partial charge on any atom is 0.271 e. The van der Waals surface area contributed by atoms with Crippen molar-refractivity contribution in [3.05, 3.63) is 65.3 Å². The van der Waals surface area contributed by atoms with E-state index in [1.807, 2.05) is 17.9 Å². The second-order valence-corrected chi connectivity index (χ2v) is 8.16. The van der Waals surface area contributed by atoms with Gasteiger partial charge in [-0.25, -0.2) is 0 Å². The van der Waals surface area contributed by atoms with Crippen LogP contribution in [0.15, 0.2) is 54.0 Å². The van der Waals surface area contributed by atoms with Gasteiger partial charge in [-0.1, -0.05) is 30.3 Å². The van der Waals surface area contributed by atoms with Crippen molar-refractivity contribution in [3.8, 4) is 10.4 Å². The topological polar surface area (TPSA) is 69.3 Å². The lowest BCUT2D eigenvalue weighted by molar-refractivity contribution is -0.134. The van der Waals surface area contributed by atoms with Crippen molar-refractivity contribution < 1.29 is 9.59 Å². The lowest BCUT2D eigenvalue weighted by Gasteiger charge is -2.23. The Morgan fingerprint density at radius 2 is 2.03 bits per heavy atom. The van der Waals surface area contributed by atoms with E-state index in [1.54, 1.807) is 28.5 Å². The molecule has 4 rings (SSSR count). The number of nitrogens with one attached hydrogen (secondary N) is 1. The molecule has 29 heavy (non-hydrogen) atoms. The molecule has 0 bridgehead atoms. The molecule has 2 amide bonds. The summed E-state index contributed by atoms with van der Waals surface area (Å²) >= 11 is 1.71. The summed E-state index contributed by atoms with van der Waals surface area (Å²) in [5, 5.41) is 8.68. The van der Waals surface area contributed by atoms with Crippen LogP contribution in [-0.2, 0) is 11.2 Å². The van der Waals surface area contributed by atoms with Crippen LogP contribution >= 0.6 is 11.3 Å². The first-order valence-electron chi connectivity index (χ1n) is 9.86. The molecular weight excluding hydrogens is 384 g/mol. The Morgan fingerprint density at radius 1 is 1.21 bits per heavy atom. The van der Waals surface area contributed by atoms with Crippen LogP contribution in [0.3, 0.4) is 0 Å². The summed E-state index contributed by atoms with van der Waals surface area (Å²) in [4.78, 5) is 30.7. The van der Waals surface area contributed by atoms with E-state index in [-0.39, 0.29) is 17.7 Å². The first kappa shape index (κ1) is 19.4. The SMILES string of the molecule is CCN1CCN(C(=O)c2ccn[nH]2)CC(Cc2ccc(-c3cccs3)cc2)C1=O. The maximum absolute atomic E-state index is 13.1. The normalized spacial score (nSPS) is 17.4. The highest BCUT2D eigenvalue weighted by Gasteiger charge is 2.32. The van der Waals surface area contributed by atoms with Gasteiger partial charge in [0, 0.05) is 37.3 Å². The number of aromatic amines is 1. The lowest BCUT2D eigenvalue weighted by Crippen LogP contribution is -2.38. The van der Waals surface area contributed by atoms with Crippen molar-refractivity contribution in [2.75, 3.05) is 26.2 Å². The van der Waals surface area contributed by atoms with Gasteiger partial charge < -0.3 is 9.80 Å². The van der Waals surface area contributed by atoms with Crippen LogP contribution in [0.25, 0.3) is 10.4 Å². The van der Waals surface area contributed by atoms with Gasteiger partial charge in [-0.3, -0.25) is 14.7 Å². The smallest absolute Gasteiger partial charge is 0.271 e. The third-order valence-corrected chi connectivity index (χ3v) is 6.30. The molecular formula is C22H24N4O2S. The number of carbonyl (C=O) groups is 2. The molecule has 150 valence electrons. The summed E-state index contributed by atoms with van der Waals surface area (Å²) in [5.41, 5.74) is 2.75. The average molecular weight is 409 g/mol. The number of thiophene rings is 1. The van der Waals surface area contributed by atoms with Crippen LogP contribution < -0.4 is 0 Å². The number of hydrogen-bond acceptors (Lipinski definition) is 4. The van der Waals surface area contributed by atoms with Crippen molar-refractivity contribution in [3.63, 3.8) is 0 Å². The van der Waals surface area contributed by atoms with Crippen molar-refractivity contribution in [1.82, 2.24) is 20.0 Å². The summed E-state index contributed by atoms with van der Waals surface area (Å²) < 4.78 is 0. The monoisotopic (exact) mass is 408 g/mol. The number of nitrogens with zero attached hydrogens (tertiary/aromatic N) is 3. The highest BCUT2D eigenvalue weighted by molar-refractivity contribution is 7.13. The number of carbonyl (C=O) groups excluding carboxylic acids is 2. The molecule has 1 aromatic carbocycles. The van der Waals surface area contributed by atoms with Crippen molar-refractivity contribution in [2.24, 2.45) is 5.92 Å². The molecule has 1 fully saturated rings. The molecule has 0 saturated carbocycles. The zero-order valence-corrected chi connectivity index (χ0v) is 17.2. The average Bonchev–Trinajstić information content (AvgIpc) is 3.44. The lowest BCUT2D eigenvalue weighted by atomic mass is 9.96. The molecule has 1 N–H and O–H groups in total. The van der Waals surface area contributed by atoms with Crippen LogP contribution in [0.1, 0.15) is 23.0 Å². The second-order valence-electron chi connectivity index (χ2n) is 7.21. The van der Waals surface area contributed by atoms with Gasteiger partial charge in [-0.2, -0.15) is 5.10 Å². The van der Waals surface area contributed by atoms with Gasteiger partial charge >= 0.3 is 0 Å². The Bertz CT molecular complexity index is 951.